The monoisotopic (exact) mass is 236 g/mol. The van der Waals surface area contributed by atoms with Gasteiger partial charge in [-0.3, -0.25) is 0 Å². The molecule has 0 nitrogen and oxygen atoms in total. The Morgan fingerprint density at radius 2 is 2.22 bits per heavy atom. The zero-order chi connectivity index (χ0) is 6.85. The van der Waals surface area contributed by atoms with Crippen LogP contribution in [0.5, 0.6) is 0 Å². The summed E-state index contributed by atoms with van der Waals surface area (Å²) in [7, 11) is 0. The van der Waals surface area contributed by atoms with E-state index in [1.807, 2.05) is 0 Å². The van der Waals surface area contributed by atoms with Crippen LogP contribution in [0.15, 0.2) is 9.15 Å². The van der Waals surface area contributed by atoms with Crippen molar-refractivity contribution in [3.05, 3.63) is 9.15 Å². The van der Waals surface area contributed by atoms with Gasteiger partial charge in [-0.15, -0.1) is 0 Å². The van der Waals surface area contributed by atoms with Gasteiger partial charge in [-0.25, -0.2) is 0 Å². The van der Waals surface area contributed by atoms with E-state index in [4.69, 9.17) is 0 Å². The Morgan fingerprint density at radius 1 is 1.56 bits per heavy atom. The Labute approximate surface area is 70.9 Å². The normalized spacial score (nSPS) is 29.0. The molecule has 1 aliphatic rings. The summed E-state index contributed by atoms with van der Waals surface area (Å²) in [6, 6.07) is 0. The minimum Gasteiger partial charge on any atom is -0.0640 e. The van der Waals surface area contributed by atoms with Gasteiger partial charge in [0.2, 0.25) is 0 Å². The van der Waals surface area contributed by atoms with E-state index in [-0.39, 0.29) is 0 Å². The van der Waals surface area contributed by atoms with E-state index < -0.39 is 0 Å². The summed E-state index contributed by atoms with van der Waals surface area (Å²) < 4.78 is 1.60. The third-order valence-electron chi connectivity index (χ3n) is 2.00. The standard InChI is InChI=1S/C8H13I/c1-6-3-4-7(2)8(9)5-6/h6H,3-5H2,1-2H3. The number of hydrogen-bond donors (Lipinski definition) is 0. The number of hydrogen-bond acceptors (Lipinski definition) is 0. The highest BCUT2D eigenvalue weighted by Crippen LogP contribution is 2.32. The van der Waals surface area contributed by atoms with Gasteiger partial charge >= 0.3 is 0 Å². The molecule has 0 saturated heterocycles. The Hall–Kier alpha value is 0.470. The van der Waals surface area contributed by atoms with E-state index in [1.165, 1.54) is 19.3 Å². The highest BCUT2D eigenvalue weighted by Gasteiger charge is 2.12. The smallest absolute Gasteiger partial charge is 0.0102 e. The van der Waals surface area contributed by atoms with Crippen LogP contribution in [0.1, 0.15) is 33.1 Å². The molecule has 0 bridgehead atoms. The highest BCUT2D eigenvalue weighted by molar-refractivity contribution is 14.1. The SMILES string of the molecule is CC1=C(I)CC(C)CC1. The summed E-state index contributed by atoms with van der Waals surface area (Å²) >= 11 is 2.48. The van der Waals surface area contributed by atoms with Gasteiger partial charge in [-0.05, 0) is 58.3 Å². The molecule has 0 spiro atoms. The lowest BCUT2D eigenvalue weighted by atomic mass is 9.92. The predicted molar refractivity (Wildman–Crippen MR) is 49.7 cm³/mol. The molecule has 9 heavy (non-hydrogen) atoms. The van der Waals surface area contributed by atoms with Gasteiger partial charge in [0, 0.05) is 0 Å². The molecule has 1 aliphatic carbocycles. The second-order valence-corrected chi connectivity index (χ2v) is 4.34. The molecule has 0 heterocycles. The molecule has 1 atom stereocenters. The molecule has 0 fully saturated rings. The van der Waals surface area contributed by atoms with Crippen LogP contribution in [-0.2, 0) is 0 Å². The van der Waals surface area contributed by atoms with Crippen LogP contribution in [0.4, 0.5) is 0 Å². The van der Waals surface area contributed by atoms with Crippen molar-refractivity contribution >= 4 is 22.6 Å². The lowest BCUT2D eigenvalue weighted by molar-refractivity contribution is 0.512. The van der Waals surface area contributed by atoms with Gasteiger partial charge in [0.15, 0.2) is 0 Å². The van der Waals surface area contributed by atoms with Crippen LogP contribution >= 0.6 is 22.6 Å². The van der Waals surface area contributed by atoms with Gasteiger partial charge in [-0.2, -0.15) is 0 Å². The fourth-order valence-electron chi connectivity index (χ4n) is 1.18. The zero-order valence-corrected chi connectivity index (χ0v) is 8.23. The summed E-state index contributed by atoms with van der Waals surface area (Å²) in [6.07, 6.45) is 4.06. The third kappa shape index (κ3) is 1.95. The first-order valence-corrected chi connectivity index (χ1v) is 4.62. The molecule has 0 amide bonds. The van der Waals surface area contributed by atoms with Crippen LogP contribution in [0.3, 0.4) is 0 Å². The molecule has 0 saturated carbocycles. The van der Waals surface area contributed by atoms with Crippen molar-refractivity contribution in [3.8, 4) is 0 Å². The van der Waals surface area contributed by atoms with Gasteiger partial charge in [0.05, 0.1) is 0 Å². The quantitative estimate of drug-likeness (QED) is 0.564. The Balaban J connectivity index is 2.61. The van der Waals surface area contributed by atoms with Gasteiger partial charge in [0.25, 0.3) is 0 Å². The van der Waals surface area contributed by atoms with Gasteiger partial charge in [0.1, 0.15) is 0 Å². The Bertz CT molecular complexity index is 136. The second-order valence-electron chi connectivity index (χ2n) is 3.03. The minimum absolute atomic E-state index is 0.931. The van der Waals surface area contributed by atoms with E-state index in [1.54, 1.807) is 9.15 Å². The van der Waals surface area contributed by atoms with Crippen molar-refractivity contribution in [1.82, 2.24) is 0 Å². The van der Waals surface area contributed by atoms with E-state index in [2.05, 4.69) is 36.4 Å². The Morgan fingerprint density at radius 3 is 2.67 bits per heavy atom. The van der Waals surface area contributed by atoms with Crippen molar-refractivity contribution in [2.45, 2.75) is 33.1 Å². The van der Waals surface area contributed by atoms with Crippen molar-refractivity contribution < 1.29 is 0 Å². The molecule has 0 aromatic rings. The largest absolute Gasteiger partial charge is 0.0640 e. The maximum atomic E-state index is 2.48. The number of halogens is 1. The summed E-state index contributed by atoms with van der Waals surface area (Å²) in [6.45, 7) is 4.60. The highest BCUT2D eigenvalue weighted by atomic mass is 127. The molecule has 0 aromatic carbocycles. The zero-order valence-electron chi connectivity index (χ0n) is 6.08. The topological polar surface area (TPSA) is 0 Å². The molecule has 0 aliphatic heterocycles. The van der Waals surface area contributed by atoms with Crippen molar-refractivity contribution in [3.63, 3.8) is 0 Å². The van der Waals surface area contributed by atoms with E-state index in [9.17, 15) is 0 Å². The first-order chi connectivity index (χ1) is 4.20. The summed E-state index contributed by atoms with van der Waals surface area (Å²) in [5.41, 5.74) is 1.62. The van der Waals surface area contributed by atoms with Crippen LogP contribution in [0, 0.1) is 5.92 Å². The first kappa shape index (κ1) is 7.58. The van der Waals surface area contributed by atoms with Gasteiger partial charge in [-0.1, -0.05) is 12.5 Å². The number of rotatable bonds is 0. The van der Waals surface area contributed by atoms with E-state index in [0.717, 1.165) is 5.92 Å². The molecule has 0 aromatic heterocycles. The lowest BCUT2D eigenvalue weighted by Gasteiger charge is -2.18. The van der Waals surface area contributed by atoms with Crippen molar-refractivity contribution in [2.75, 3.05) is 0 Å². The molecule has 0 radical (unpaired) electrons. The number of allylic oxidation sites excluding steroid dienone is 2. The van der Waals surface area contributed by atoms with Crippen molar-refractivity contribution in [1.29, 1.82) is 0 Å². The van der Waals surface area contributed by atoms with Crippen LogP contribution in [0.25, 0.3) is 0 Å². The first-order valence-electron chi connectivity index (χ1n) is 3.54. The molecule has 0 N–H and O–H groups in total. The van der Waals surface area contributed by atoms with Crippen LogP contribution < -0.4 is 0 Å². The molecule has 1 unspecified atom stereocenters. The van der Waals surface area contributed by atoms with E-state index in [0.29, 0.717) is 0 Å². The van der Waals surface area contributed by atoms with Crippen LogP contribution in [0.2, 0.25) is 0 Å². The van der Waals surface area contributed by atoms with Crippen LogP contribution in [-0.4, -0.2) is 0 Å². The fraction of sp³-hybridized carbons (Fsp3) is 0.750. The molecular weight excluding hydrogens is 223 g/mol. The molecule has 1 heteroatoms. The Kier molecular flexibility index (Phi) is 2.56. The lowest BCUT2D eigenvalue weighted by Crippen LogP contribution is -2.02. The minimum atomic E-state index is 0.931. The molecule has 52 valence electrons. The summed E-state index contributed by atoms with van der Waals surface area (Å²) in [4.78, 5) is 0. The summed E-state index contributed by atoms with van der Waals surface area (Å²) in [5.74, 6) is 0.931. The average molecular weight is 236 g/mol. The third-order valence-corrected chi connectivity index (χ3v) is 3.36. The average Bonchev–Trinajstić information content (AvgIpc) is 1.80. The maximum absolute atomic E-state index is 2.48. The summed E-state index contributed by atoms with van der Waals surface area (Å²) in [5, 5.41) is 0. The van der Waals surface area contributed by atoms with Crippen molar-refractivity contribution in [2.24, 2.45) is 5.92 Å². The molecular formula is C8H13I. The molecule has 1 rings (SSSR count). The van der Waals surface area contributed by atoms with E-state index >= 15 is 0 Å². The van der Waals surface area contributed by atoms with Gasteiger partial charge < -0.3 is 0 Å². The second kappa shape index (κ2) is 3.04. The predicted octanol–water partition coefficient (Wildman–Crippen LogP) is 3.52. The maximum Gasteiger partial charge on any atom is -0.0102 e. The fourth-order valence-corrected chi connectivity index (χ4v) is 2.20.